The van der Waals surface area contributed by atoms with Crippen LogP contribution in [0, 0.1) is 19.8 Å². The van der Waals surface area contributed by atoms with E-state index in [9.17, 15) is 9.59 Å². The Labute approximate surface area is 161 Å². The molecule has 0 unspecified atom stereocenters. The van der Waals surface area contributed by atoms with Gasteiger partial charge in [-0.1, -0.05) is 11.6 Å². The lowest BCUT2D eigenvalue weighted by Gasteiger charge is -2.33. The predicted octanol–water partition coefficient (Wildman–Crippen LogP) is 3.49. The van der Waals surface area contributed by atoms with E-state index >= 15 is 0 Å². The molecule has 26 heavy (non-hydrogen) atoms. The van der Waals surface area contributed by atoms with Crippen LogP contribution in [0.4, 0.5) is 0 Å². The minimum atomic E-state index is -0.522. The highest BCUT2D eigenvalue weighted by Gasteiger charge is 2.27. The summed E-state index contributed by atoms with van der Waals surface area (Å²) < 4.78 is 5.87. The molecule has 0 saturated carbocycles. The Morgan fingerprint density at radius 2 is 1.85 bits per heavy atom. The van der Waals surface area contributed by atoms with Crippen LogP contribution in [0.1, 0.15) is 44.2 Å². The second kappa shape index (κ2) is 9.26. The van der Waals surface area contributed by atoms with Crippen molar-refractivity contribution < 1.29 is 14.3 Å². The molecule has 2 rings (SSSR count). The molecule has 0 bridgehead atoms. The zero-order chi connectivity index (χ0) is 19.3. The quantitative estimate of drug-likeness (QED) is 0.821. The third kappa shape index (κ3) is 5.63. The molecule has 0 aliphatic carbocycles. The van der Waals surface area contributed by atoms with Crippen molar-refractivity contribution in [2.24, 2.45) is 5.92 Å². The van der Waals surface area contributed by atoms with Crippen molar-refractivity contribution in [2.75, 3.05) is 19.6 Å². The Bertz CT molecular complexity index is 631. The first-order chi connectivity index (χ1) is 12.3. The Morgan fingerprint density at radius 1 is 1.27 bits per heavy atom. The number of nitrogens with zero attached hydrogens (tertiary/aromatic N) is 1. The summed E-state index contributed by atoms with van der Waals surface area (Å²) in [6.45, 7) is 9.40. The van der Waals surface area contributed by atoms with Gasteiger partial charge in [-0.3, -0.25) is 9.59 Å². The lowest BCUT2D eigenvalue weighted by molar-refractivity contribution is -0.139. The summed E-state index contributed by atoms with van der Waals surface area (Å²) in [6.07, 6.45) is 2.39. The highest BCUT2D eigenvalue weighted by atomic mass is 35.5. The molecule has 2 amide bonds. The maximum absolute atomic E-state index is 12.7. The van der Waals surface area contributed by atoms with E-state index in [0.29, 0.717) is 18.2 Å². The van der Waals surface area contributed by atoms with Crippen LogP contribution in [0.5, 0.6) is 5.75 Å². The fraction of sp³-hybridized carbons (Fsp3) is 0.600. The number of likely N-dealkylation sites (tertiary alicyclic amines) is 1. The van der Waals surface area contributed by atoms with Crippen LogP contribution < -0.4 is 10.1 Å². The number of piperidine rings is 1. The summed E-state index contributed by atoms with van der Waals surface area (Å²) in [5.74, 6) is 1.27. The summed E-state index contributed by atoms with van der Waals surface area (Å²) in [5, 5.41) is 3.57. The Kier molecular flexibility index (Phi) is 7.33. The van der Waals surface area contributed by atoms with Crippen LogP contribution >= 0.6 is 11.6 Å². The van der Waals surface area contributed by atoms with Crippen molar-refractivity contribution in [2.45, 2.75) is 53.1 Å². The van der Waals surface area contributed by atoms with Gasteiger partial charge in [0.1, 0.15) is 5.75 Å². The number of benzene rings is 1. The van der Waals surface area contributed by atoms with E-state index in [2.05, 4.69) is 5.32 Å². The molecule has 1 atom stereocenters. The first kappa shape index (κ1) is 20.6. The summed E-state index contributed by atoms with van der Waals surface area (Å²) in [5.41, 5.74) is 1.89. The second-order valence-electron chi connectivity index (χ2n) is 7.17. The molecule has 1 heterocycles. The highest BCUT2D eigenvalue weighted by molar-refractivity contribution is 6.32. The average Bonchev–Trinajstić information content (AvgIpc) is 2.59. The molecule has 1 aromatic rings. The Morgan fingerprint density at radius 3 is 2.38 bits per heavy atom. The summed E-state index contributed by atoms with van der Waals surface area (Å²) in [4.78, 5) is 25.5. The molecule has 144 valence electrons. The topological polar surface area (TPSA) is 58.6 Å². The maximum atomic E-state index is 12.7. The number of rotatable bonds is 6. The number of halogens is 1. The van der Waals surface area contributed by atoms with Crippen LogP contribution in [-0.2, 0) is 9.59 Å². The molecule has 6 heteroatoms. The molecule has 5 nitrogen and oxygen atoms in total. The normalized spacial score (nSPS) is 16.3. The first-order valence-corrected chi connectivity index (χ1v) is 9.62. The van der Waals surface area contributed by atoms with Crippen molar-refractivity contribution in [3.05, 3.63) is 28.3 Å². The van der Waals surface area contributed by atoms with Gasteiger partial charge in [0.05, 0.1) is 0 Å². The number of hydrogen-bond donors (Lipinski definition) is 1. The summed E-state index contributed by atoms with van der Waals surface area (Å²) in [7, 11) is 0. The third-order valence-corrected chi connectivity index (χ3v) is 5.52. The lowest BCUT2D eigenvalue weighted by Crippen LogP contribution is -2.45. The van der Waals surface area contributed by atoms with Gasteiger partial charge in [0.25, 0.3) is 5.91 Å². The number of carbonyl (C=O) groups is 2. The van der Waals surface area contributed by atoms with Gasteiger partial charge in [-0.05, 0) is 69.2 Å². The van der Waals surface area contributed by atoms with Gasteiger partial charge in [0.2, 0.25) is 5.91 Å². The minimum absolute atomic E-state index is 0.0104. The molecule has 1 N–H and O–H groups in total. The number of nitrogens with one attached hydrogen (secondary N) is 1. The van der Waals surface area contributed by atoms with E-state index < -0.39 is 6.10 Å². The molecule has 0 aromatic heterocycles. The second-order valence-corrected chi connectivity index (χ2v) is 7.55. The zero-order valence-corrected chi connectivity index (χ0v) is 16.9. The summed E-state index contributed by atoms with van der Waals surface area (Å²) in [6, 6.07) is 3.74. The van der Waals surface area contributed by atoms with E-state index in [-0.39, 0.29) is 11.8 Å². The average molecular weight is 381 g/mol. The van der Waals surface area contributed by atoms with Crippen LogP contribution in [0.3, 0.4) is 0 Å². The Balaban J connectivity index is 1.83. The van der Waals surface area contributed by atoms with Crippen LogP contribution in [0.15, 0.2) is 12.1 Å². The van der Waals surface area contributed by atoms with E-state index in [1.807, 2.05) is 30.9 Å². The van der Waals surface area contributed by atoms with E-state index in [0.717, 1.165) is 48.5 Å². The van der Waals surface area contributed by atoms with Crippen LogP contribution in [-0.4, -0.2) is 42.5 Å². The molecule has 1 aliphatic heterocycles. The third-order valence-electron chi connectivity index (χ3n) is 4.92. The van der Waals surface area contributed by atoms with E-state index in [1.165, 1.54) is 6.92 Å². The van der Waals surface area contributed by atoms with Gasteiger partial charge >= 0.3 is 0 Å². The highest BCUT2D eigenvalue weighted by Crippen LogP contribution is 2.27. The molecule has 0 spiro atoms. The van der Waals surface area contributed by atoms with Crippen molar-refractivity contribution in [3.63, 3.8) is 0 Å². The number of aryl methyl sites for hydroxylation is 2. The molecular weight excluding hydrogens is 352 g/mol. The fourth-order valence-electron chi connectivity index (χ4n) is 3.38. The molecule has 1 aliphatic rings. The van der Waals surface area contributed by atoms with Gasteiger partial charge in [0, 0.05) is 31.6 Å². The van der Waals surface area contributed by atoms with Crippen LogP contribution in [0.25, 0.3) is 0 Å². The maximum Gasteiger partial charge on any atom is 0.263 e. The first-order valence-electron chi connectivity index (χ1n) is 9.24. The van der Waals surface area contributed by atoms with Crippen molar-refractivity contribution in [1.82, 2.24) is 10.2 Å². The zero-order valence-electron chi connectivity index (χ0n) is 16.1. The minimum Gasteiger partial charge on any atom is -0.481 e. The fourth-order valence-corrected chi connectivity index (χ4v) is 3.49. The monoisotopic (exact) mass is 380 g/mol. The van der Waals surface area contributed by atoms with Gasteiger partial charge < -0.3 is 15.0 Å². The van der Waals surface area contributed by atoms with Crippen LogP contribution in [0.2, 0.25) is 5.02 Å². The SMILES string of the molecule is CC(=O)NCCC1CCN(C(=O)[C@H](C)Oc2cc(C)c(Cl)c(C)c2)CC1. The predicted molar refractivity (Wildman–Crippen MR) is 104 cm³/mol. The largest absolute Gasteiger partial charge is 0.481 e. The van der Waals surface area contributed by atoms with Crippen molar-refractivity contribution in [3.8, 4) is 5.75 Å². The molecule has 0 radical (unpaired) electrons. The summed E-state index contributed by atoms with van der Waals surface area (Å²) >= 11 is 6.18. The number of hydrogen-bond acceptors (Lipinski definition) is 3. The number of amides is 2. The van der Waals surface area contributed by atoms with Gasteiger partial charge in [0.15, 0.2) is 6.10 Å². The van der Waals surface area contributed by atoms with Crippen molar-refractivity contribution in [1.29, 1.82) is 0 Å². The molecule has 1 fully saturated rings. The standard InChI is InChI=1S/C20H29ClN2O3/c1-13-11-18(12-14(2)19(13)21)26-15(3)20(25)23-9-6-17(7-10-23)5-8-22-16(4)24/h11-12,15,17H,5-10H2,1-4H3,(H,22,24)/t15-/m0/s1. The number of ether oxygens (including phenoxy) is 1. The van der Waals surface area contributed by atoms with Gasteiger partial charge in [-0.2, -0.15) is 0 Å². The molecule has 1 saturated heterocycles. The smallest absolute Gasteiger partial charge is 0.263 e. The molecule has 1 aromatic carbocycles. The van der Waals surface area contributed by atoms with E-state index in [4.69, 9.17) is 16.3 Å². The van der Waals surface area contributed by atoms with Gasteiger partial charge in [-0.25, -0.2) is 0 Å². The number of carbonyl (C=O) groups excluding carboxylic acids is 2. The van der Waals surface area contributed by atoms with Crippen molar-refractivity contribution >= 4 is 23.4 Å². The molecular formula is C20H29ClN2O3. The Hall–Kier alpha value is -1.75. The lowest BCUT2D eigenvalue weighted by atomic mass is 9.93. The van der Waals surface area contributed by atoms with Gasteiger partial charge in [-0.15, -0.1) is 0 Å². The van der Waals surface area contributed by atoms with E-state index in [1.54, 1.807) is 6.92 Å².